The molecule has 2 radical (unpaired) electrons. The molecule has 9 nitrogen and oxygen atoms in total. The molecule has 1 aliphatic rings. The van der Waals surface area contributed by atoms with Crippen LogP contribution in [0.3, 0.4) is 0 Å². The van der Waals surface area contributed by atoms with Crippen molar-refractivity contribution in [1.29, 1.82) is 0 Å². The molecule has 1 unspecified atom stereocenters. The van der Waals surface area contributed by atoms with E-state index in [1.165, 1.54) is 12.7 Å². The van der Waals surface area contributed by atoms with Crippen LogP contribution < -0.4 is 5.69 Å². The normalized spacial score (nSPS) is 24.9. The van der Waals surface area contributed by atoms with Crippen LogP contribution >= 0.6 is 0 Å². The number of ether oxygens (including phenoxy) is 1. The molecule has 1 aliphatic heterocycles. The molecular weight excluding hydrogens is 763 g/mol. The monoisotopic (exact) mass is 775 g/mol. The second-order valence-electron chi connectivity index (χ2n) is 4.96. The Kier molecular flexibility index (Phi) is 8.82. The van der Waals surface area contributed by atoms with Gasteiger partial charge in [0, 0.05) is 94.5 Å². The molecule has 3 atom stereocenters. The van der Waals surface area contributed by atoms with Gasteiger partial charge in [0.25, 0.3) is 0 Å². The Hall–Kier alpha value is 0.273. The zero-order valence-corrected chi connectivity index (χ0v) is 22.3. The van der Waals surface area contributed by atoms with Crippen LogP contribution in [0.15, 0.2) is 23.6 Å². The third-order valence-electron chi connectivity index (χ3n) is 3.62. The fourth-order valence-electron chi connectivity index (χ4n) is 2.36. The van der Waals surface area contributed by atoms with E-state index in [2.05, 4.69) is 21.0 Å². The molecule has 2 aromatic rings. The summed E-state index contributed by atoms with van der Waals surface area (Å²) in [6, 6.07) is 0. The van der Waals surface area contributed by atoms with Gasteiger partial charge in [-0.15, -0.1) is 6.42 Å². The van der Waals surface area contributed by atoms with E-state index >= 15 is 0 Å². The van der Waals surface area contributed by atoms with Crippen LogP contribution in [0.1, 0.15) is 12.6 Å². The van der Waals surface area contributed by atoms with E-state index in [-0.39, 0.29) is 100 Å². The molecule has 2 N–H and O–H groups in total. The summed E-state index contributed by atoms with van der Waals surface area (Å²) < 4.78 is 21.5. The van der Waals surface area contributed by atoms with Gasteiger partial charge in [0.1, 0.15) is 25.0 Å². The predicted molar refractivity (Wildman–Crippen MR) is 72.8 cm³/mol. The molecular formula is C13H12Ac2FN5O4. The van der Waals surface area contributed by atoms with Crippen molar-refractivity contribution in [3.05, 3.63) is 35.2 Å². The number of halogens is 1. The van der Waals surface area contributed by atoms with E-state index in [1.54, 1.807) is 0 Å². The first-order valence-electron chi connectivity index (χ1n) is 6.59. The number of hydrogen-bond donors (Lipinski definition) is 2. The summed E-state index contributed by atoms with van der Waals surface area (Å²) in [4.78, 5) is 19.4. The SMILES string of the molecule is C#C[C@]1(CO)O[C@@H](n2cc(F)c(-n3cncn3)nc2=O)CC1O.[Ac].[Ac]. The van der Waals surface area contributed by atoms with Gasteiger partial charge in [0.05, 0.1) is 12.8 Å². The van der Waals surface area contributed by atoms with Crippen LogP contribution in [-0.4, -0.2) is 52.8 Å². The fourth-order valence-corrected chi connectivity index (χ4v) is 2.36. The smallest absolute Gasteiger partial charge is 0.351 e. The fraction of sp³-hybridized carbons (Fsp3) is 0.385. The summed E-state index contributed by atoms with van der Waals surface area (Å²) in [5.74, 6) is 1.02. The molecule has 12 heteroatoms. The van der Waals surface area contributed by atoms with Crippen LogP contribution in [0.4, 0.5) is 4.39 Å². The topological polar surface area (TPSA) is 115 Å². The average Bonchev–Trinajstić information content (AvgIpc) is 3.17. The van der Waals surface area contributed by atoms with Crippen LogP contribution in [0.5, 0.6) is 0 Å². The zero-order valence-electron chi connectivity index (χ0n) is 12.9. The van der Waals surface area contributed by atoms with Gasteiger partial charge in [0.2, 0.25) is 0 Å². The van der Waals surface area contributed by atoms with E-state index in [1.807, 2.05) is 0 Å². The number of aliphatic hydroxyl groups is 2. The summed E-state index contributed by atoms with van der Waals surface area (Å²) in [5, 5.41) is 23.0. The Bertz CT molecular complexity index is 825. The third kappa shape index (κ3) is 4.41. The summed E-state index contributed by atoms with van der Waals surface area (Å²) in [6.45, 7) is -0.636. The van der Waals surface area contributed by atoms with Gasteiger partial charge in [0.15, 0.2) is 17.2 Å². The summed E-state index contributed by atoms with van der Waals surface area (Å²) in [6.07, 6.45) is 6.19. The molecule has 1 fully saturated rings. The molecule has 0 spiro atoms. The molecule has 0 bridgehead atoms. The van der Waals surface area contributed by atoms with Gasteiger partial charge in [-0.2, -0.15) is 14.8 Å². The van der Waals surface area contributed by atoms with Crippen molar-refractivity contribution in [2.45, 2.75) is 24.4 Å². The van der Waals surface area contributed by atoms with E-state index in [9.17, 15) is 19.4 Å². The molecule has 3 heterocycles. The van der Waals surface area contributed by atoms with E-state index in [0.717, 1.165) is 15.4 Å². The van der Waals surface area contributed by atoms with E-state index < -0.39 is 36.0 Å². The number of hydrogen-bond acceptors (Lipinski definition) is 7. The minimum atomic E-state index is -1.63. The number of aromatic nitrogens is 5. The van der Waals surface area contributed by atoms with Crippen LogP contribution in [0.2, 0.25) is 0 Å². The Morgan fingerprint density at radius 2 is 2.24 bits per heavy atom. The predicted octanol–water partition coefficient (Wildman–Crippen LogP) is -1.39. The first-order chi connectivity index (χ1) is 11.0. The molecule has 1 saturated heterocycles. The summed E-state index contributed by atoms with van der Waals surface area (Å²) in [5.41, 5.74) is -2.45. The van der Waals surface area contributed by atoms with Crippen molar-refractivity contribution in [1.82, 2.24) is 24.3 Å². The number of nitrogens with zero attached hydrogens (tertiary/aromatic N) is 5. The van der Waals surface area contributed by atoms with Crippen molar-refractivity contribution in [2.24, 2.45) is 0 Å². The molecule has 0 aromatic carbocycles. The number of aliphatic hydroxyl groups excluding tert-OH is 2. The maximum absolute atomic E-state index is 14.2. The van der Waals surface area contributed by atoms with Gasteiger partial charge < -0.3 is 14.9 Å². The molecule has 126 valence electrons. The van der Waals surface area contributed by atoms with Gasteiger partial charge in [-0.05, 0) is 0 Å². The first-order valence-corrected chi connectivity index (χ1v) is 6.59. The van der Waals surface area contributed by atoms with Crippen molar-refractivity contribution < 1.29 is 107 Å². The average molecular weight is 775 g/mol. The van der Waals surface area contributed by atoms with Crippen molar-refractivity contribution in [3.8, 4) is 18.2 Å². The van der Waals surface area contributed by atoms with Crippen LogP contribution in [0, 0.1) is 106 Å². The van der Waals surface area contributed by atoms with Gasteiger partial charge in [-0.1, -0.05) is 5.92 Å². The standard InChI is InChI=1S/C13H12FN5O4.2Ac/c1-2-13(5-20)9(21)3-10(23-13)18-4-8(14)11(17-12(18)22)19-7-15-6-16-19;;/h1,4,6-7,9-10,20-21H,3,5H2;;/t9?,10-,13-;;/m1../s1. The second-order valence-corrected chi connectivity index (χ2v) is 4.96. The Morgan fingerprint density at radius 3 is 2.76 bits per heavy atom. The first kappa shape index (κ1) is 23.3. The second kappa shape index (κ2) is 9.46. The quantitative estimate of drug-likeness (QED) is 0.370. The molecule has 0 amide bonds. The maximum Gasteiger partial charge on any atom is 0.351 e. The van der Waals surface area contributed by atoms with Crippen LogP contribution in [0.25, 0.3) is 5.82 Å². The number of rotatable bonds is 3. The molecule has 0 aliphatic carbocycles. The Labute approximate surface area is 213 Å². The zero-order chi connectivity index (χ0) is 16.6. The van der Waals surface area contributed by atoms with Crippen molar-refractivity contribution in [3.63, 3.8) is 0 Å². The third-order valence-corrected chi connectivity index (χ3v) is 3.62. The molecule has 25 heavy (non-hydrogen) atoms. The molecule has 0 saturated carbocycles. The van der Waals surface area contributed by atoms with E-state index in [4.69, 9.17) is 11.2 Å². The van der Waals surface area contributed by atoms with Gasteiger partial charge in [-0.3, -0.25) is 4.57 Å². The minimum absolute atomic E-state index is 0. The molecule has 3 rings (SSSR count). The largest absolute Gasteiger partial charge is 0.392 e. The van der Waals surface area contributed by atoms with Crippen molar-refractivity contribution >= 4 is 0 Å². The minimum Gasteiger partial charge on any atom is -0.392 e. The van der Waals surface area contributed by atoms with Crippen molar-refractivity contribution in [2.75, 3.05) is 6.61 Å². The number of terminal acetylenes is 1. The van der Waals surface area contributed by atoms with E-state index in [0.29, 0.717) is 0 Å². The molecule has 2 aromatic heterocycles. The van der Waals surface area contributed by atoms with Crippen LogP contribution in [-0.2, 0) is 4.74 Å². The van der Waals surface area contributed by atoms with Gasteiger partial charge in [-0.25, -0.2) is 14.2 Å². The Morgan fingerprint density at radius 1 is 1.52 bits per heavy atom. The summed E-state index contributed by atoms with van der Waals surface area (Å²) >= 11 is 0. The van der Waals surface area contributed by atoms with Gasteiger partial charge >= 0.3 is 5.69 Å². The Balaban J connectivity index is 0.00000156. The summed E-state index contributed by atoms with van der Waals surface area (Å²) in [7, 11) is 0. The maximum atomic E-state index is 14.2.